The van der Waals surface area contributed by atoms with Crippen molar-refractivity contribution in [2.45, 2.75) is 13.3 Å². The Bertz CT molecular complexity index is 289. The van der Waals surface area contributed by atoms with Crippen LogP contribution in [0.3, 0.4) is 0 Å². The van der Waals surface area contributed by atoms with Crippen LogP contribution in [0, 0.1) is 6.92 Å². The first kappa shape index (κ1) is 10.4. The van der Waals surface area contributed by atoms with E-state index in [9.17, 15) is 8.78 Å². The van der Waals surface area contributed by atoms with Crippen molar-refractivity contribution in [2.75, 3.05) is 6.61 Å². The number of benzene rings is 1. The van der Waals surface area contributed by atoms with E-state index in [1.807, 2.05) is 19.1 Å². The maximum atomic E-state index is 11.8. The summed E-state index contributed by atoms with van der Waals surface area (Å²) >= 11 is 3.24. The van der Waals surface area contributed by atoms with E-state index in [0.717, 1.165) is 10.0 Å². The lowest BCUT2D eigenvalue weighted by Gasteiger charge is -2.08. The fraction of sp³-hybridized carbons (Fsp3) is 0.333. The summed E-state index contributed by atoms with van der Waals surface area (Å²) in [5.74, 6) is 0.495. The molecule has 0 bridgehead atoms. The molecule has 0 saturated carbocycles. The molecule has 0 radical (unpaired) electrons. The SMILES string of the molecule is Cc1ccc(Br)cc1OCC(F)F. The Hall–Kier alpha value is -0.640. The van der Waals surface area contributed by atoms with Gasteiger partial charge in [0.25, 0.3) is 6.43 Å². The smallest absolute Gasteiger partial charge is 0.272 e. The second-order valence-electron chi connectivity index (χ2n) is 2.61. The van der Waals surface area contributed by atoms with Gasteiger partial charge in [-0.1, -0.05) is 22.0 Å². The molecule has 0 fully saturated rings. The van der Waals surface area contributed by atoms with E-state index < -0.39 is 13.0 Å². The van der Waals surface area contributed by atoms with Crippen molar-refractivity contribution < 1.29 is 13.5 Å². The van der Waals surface area contributed by atoms with Crippen LogP contribution in [0.1, 0.15) is 5.56 Å². The summed E-state index contributed by atoms with van der Waals surface area (Å²) in [6.45, 7) is 1.25. The molecule has 0 saturated heterocycles. The number of aryl methyl sites for hydroxylation is 1. The van der Waals surface area contributed by atoms with Crippen LogP contribution in [0.4, 0.5) is 8.78 Å². The van der Waals surface area contributed by atoms with Gasteiger partial charge in [-0.2, -0.15) is 0 Å². The minimum atomic E-state index is -2.43. The average Bonchev–Trinajstić information content (AvgIpc) is 2.06. The first-order valence-corrected chi connectivity index (χ1v) is 4.56. The molecule has 0 atom stereocenters. The lowest BCUT2D eigenvalue weighted by atomic mass is 10.2. The zero-order valence-corrected chi connectivity index (χ0v) is 8.64. The summed E-state index contributed by atoms with van der Waals surface area (Å²) in [7, 11) is 0. The van der Waals surface area contributed by atoms with Crippen molar-refractivity contribution in [1.29, 1.82) is 0 Å². The topological polar surface area (TPSA) is 9.23 Å². The summed E-state index contributed by atoms with van der Waals surface area (Å²) < 4.78 is 29.4. The molecule has 0 N–H and O–H groups in total. The highest BCUT2D eigenvalue weighted by atomic mass is 79.9. The maximum Gasteiger partial charge on any atom is 0.272 e. The number of rotatable bonds is 3. The van der Waals surface area contributed by atoms with Gasteiger partial charge in [-0.15, -0.1) is 0 Å². The average molecular weight is 251 g/mol. The van der Waals surface area contributed by atoms with E-state index in [4.69, 9.17) is 4.74 Å². The quantitative estimate of drug-likeness (QED) is 0.799. The number of halogens is 3. The first-order chi connectivity index (χ1) is 6.09. The zero-order valence-electron chi connectivity index (χ0n) is 7.06. The van der Waals surface area contributed by atoms with Crippen LogP contribution >= 0.6 is 15.9 Å². The van der Waals surface area contributed by atoms with Gasteiger partial charge in [0.1, 0.15) is 12.4 Å². The Morgan fingerprint density at radius 2 is 2.15 bits per heavy atom. The molecule has 0 amide bonds. The zero-order chi connectivity index (χ0) is 9.84. The Labute approximate surface area is 83.8 Å². The van der Waals surface area contributed by atoms with E-state index in [2.05, 4.69) is 15.9 Å². The van der Waals surface area contributed by atoms with Gasteiger partial charge in [0.05, 0.1) is 0 Å². The molecule has 4 heteroatoms. The number of alkyl halides is 2. The minimum absolute atomic E-state index is 0.495. The van der Waals surface area contributed by atoms with Crippen LogP contribution in [0.5, 0.6) is 5.75 Å². The van der Waals surface area contributed by atoms with Crippen molar-refractivity contribution in [1.82, 2.24) is 0 Å². The number of hydrogen-bond acceptors (Lipinski definition) is 1. The highest BCUT2D eigenvalue weighted by molar-refractivity contribution is 9.10. The van der Waals surface area contributed by atoms with Crippen LogP contribution in [-0.4, -0.2) is 13.0 Å². The predicted molar refractivity (Wildman–Crippen MR) is 50.4 cm³/mol. The molecular formula is C9H9BrF2O. The van der Waals surface area contributed by atoms with E-state index in [-0.39, 0.29) is 0 Å². The fourth-order valence-corrected chi connectivity index (χ4v) is 1.22. The third-order valence-electron chi connectivity index (χ3n) is 1.52. The lowest BCUT2D eigenvalue weighted by Crippen LogP contribution is -2.07. The van der Waals surface area contributed by atoms with Gasteiger partial charge >= 0.3 is 0 Å². The standard InChI is InChI=1S/C9H9BrF2O/c1-6-2-3-7(10)4-8(6)13-5-9(11)12/h2-4,9H,5H2,1H3. The number of ether oxygens (including phenoxy) is 1. The van der Waals surface area contributed by atoms with Gasteiger partial charge < -0.3 is 4.74 Å². The first-order valence-electron chi connectivity index (χ1n) is 3.76. The van der Waals surface area contributed by atoms with E-state index in [1.54, 1.807) is 6.07 Å². The lowest BCUT2D eigenvalue weighted by molar-refractivity contribution is 0.0815. The second kappa shape index (κ2) is 4.56. The highest BCUT2D eigenvalue weighted by Crippen LogP contribution is 2.23. The van der Waals surface area contributed by atoms with Gasteiger partial charge in [0.15, 0.2) is 0 Å². The van der Waals surface area contributed by atoms with Gasteiger partial charge in [-0.05, 0) is 24.6 Å². The van der Waals surface area contributed by atoms with Crippen LogP contribution in [0.2, 0.25) is 0 Å². The van der Waals surface area contributed by atoms with E-state index in [0.29, 0.717) is 5.75 Å². The summed E-state index contributed by atoms with van der Waals surface area (Å²) in [5, 5.41) is 0. The fourth-order valence-electron chi connectivity index (χ4n) is 0.882. The van der Waals surface area contributed by atoms with E-state index >= 15 is 0 Å². The van der Waals surface area contributed by atoms with Crippen molar-refractivity contribution >= 4 is 15.9 Å². The van der Waals surface area contributed by atoms with Crippen LogP contribution in [-0.2, 0) is 0 Å². The molecule has 1 aromatic rings. The largest absolute Gasteiger partial charge is 0.487 e. The van der Waals surface area contributed by atoms with E-state index in [1.165, 1.54) is 0 Å². The molecule has 0 spiro atoms. The Balaban J connectivity index is 2.70. The second-order valence-corrected chi connectivity index (χ2v) is 3.53. The Morgan fingerprint density at radius 3 is 2.77 bits per heavy atom. The van der Waals surface area contributed by atoms with Crippen LogP contribution in [0.15, 0.2) is 22.7 Å². The molecule has 0 unspecified atom stereocenters. The molecule has 1 aromatic carbocycles. The normalized spacial score (nSPS) is 10.5. The van der Waals surface area contributed by atoms with Gasteiger partial charge in [0, 0.05) is 4.47 Å². The molecule has 0 aromatic heterocycles. The molecule has 72 valence electrons. The number of hydrogen-bond donors (Lipinski definition) is 0. The van der Waals surface area contributed by atoms with Gasteiger partial charge in [-0.3, -0.25) is 0 Å². The van der Waals surface area contributed by atoms with Gasteiger partial charge in [0.2, 0.25) is 0 Å². The van der Waals surface area contributed by atoms with Crippen molar-refractivity contribution in [3.63, 3.8) is 0 Å². The van der Waals surface area contributed by atoms with Crippen molar-refractivity contribution in [3.8, 4) is 5.75 Å². The molecule has 0 aliphatic rings. The molecular weight excluding hydrogens is 242 g/mol. The van der Waals surface area contributed by atoms with Crippen molar-refractivity contribution in [2.24, 2.45) is 0 Å². The molecule has 0 heterocycles. The minimum Gasteiger partial charge on any atom is -0.487 e. The summed E-state index contributed by atoms with van der Waals surface area (Å²) in [5.41, 5.74) is 0.851. The molecule has 0 aliphatic heterocycles. The monoisotopic (exact) mass is 250 g/mol. The molecule has 13 heavy (non-hydrogen) atoms. The Kier molecular flexibility index (Phi) is 3.66. The third kappa shape index (κ3) is 3.30. The highest BCUT2D eigenvalue weighted by Gasteiger charge is 2.05. The Morgan fingerprint density at radius 1 is 1.46 bits per heavy atom. The van der Waals surface area contributed by atoms with Crippen molar-refractivity contribution in [3.05, 3.63) is 28.2 Å². The van der Waals surface area contributed by atoms with Crippen LogP contribution < -0.4 is 4.74 Å². The third-order valence-corrected chi connectivity index (χ3v) is 2.01. The van der Waals surface area contributed by atoms with Gasteiger partial charge in [-0.25, -0.2) is 8.78 Å². The molecule has 0 aliphatic carbocycles. The maximum absolute atomic E-state index is 11.8. The summed E-state index contributed by atoms with van der Waals surface area (Å²) in [6, 6.07) is 5.33. The molecule has 1 rings (SSSR count). The summed E-state index contributed by atoms with van der Waals surface area (Å²) in [6.07, 6.45) is -2.43. The summed E-state index contributed by atoms with van der Waals surface area (Å²) in [4.78, 5) is 0. The van der Waals surface area contributed by atoms with Crippen LogP contribution in [0.25, 0.3) is 0 Å². The predicted octanol–water partition coefficient (Wildman–Crippen LogP) is 3.40. The molecule has 1 nitrogen and oxygen atoms in total.